The summed E-state index contributed by atoms with van der Waals surface area (Å²) < 4.78 is 10.7. The molecular weight excluding hydrogens is 861 g/mol. The predicted molar refractivity (Wildman–Crippen MR) is 306 cm³/mol. The molecule has 0 bridgehead atoms. The van der Waals surface area contributed by atoms with Gasteiger partial charge in [-0.05, 0) is 116 Å². The van der Waals surface area contributed by atoms with Gasteiger partial charge in [0.05, 0.1) is 6.61 Å². The number of allylic oxidation sites excluding steroid dienone is 22. The quantitative estimate of drug-likeness (QED) is 0.0374. The molecule has 0 spiro atoms. The standard InChI is InChI=1S/C65H106O5/c1-3-5-7-9-11-13-15-17-19-21-23-24-25-26-27-28-29-30-31-32-33-34-35-36-37-38-39-40-42-44-46-48-50-52-54-56-58-60-65(68)70-63(61-66)62-69-64(67)59-57-55-53-51-49-47-45-43-41-22-20-18-16-14-12-10-8-6-4-2/h5,7,11,13,17-20,23-24,26-27,29-30,32-33,35-36,38-39,42,44,63,66H,3-4,6,8-10,12,14-16,21-22,25,28,31,34,37,40-41,43,45-62H2,1-2H3/b7-5-,13-11-,19-17-,20-18-,24-23-,27-26-,30-29-,33-32-,36-35-,39-38-,44-42-. The van der Waals surface area contributed by atoms with Crippen LogP contribution in [-0.4, -0.2) is 36.4 Å². The molecule has 0 aromatic rings. The number of hydrogen-bond donors (Lipinski definition) is 1. The van der Waals surface area contributed by atoms with Crippen molar-refractivity contribution in [2.24, 2.45) is 0 Å². The first-order chi connectivity index (χ1) is 34.6. The van der Waals surface area contributed by atoms with Crippen LogP contribution in [0.1, 0.15) is 245 Å². The van der Waals surface area contributed by atoms with Crippen molar-refractivity contribution in [2.45, 2.75) is 251 Å². The number of rotatable bonds is 51. The van der Waals surface area contributed by atoms with Crippen LogP contribution in [-0.2, 0) is 19.1 Å². The van der Waals surface area contributed by atoms with Gasteiger partial charge >= 0.3 is 11.9 Å². The molecule has 1 unspecified atom stereocenters. The van der Waals surface area contributed by atoms with Gasteiger partial charge < -0.3 is 14.6 Å². The van der Waals surface area contributed by atoms with Gasteiger partial charge in [0.25, 0.3) is 0 Å². The van der Waals surface area contributed by atoms with E-state index < -0.39 is 6.10 Å². The van der Waals surface area contributed by atoms with E-state index in [1.54, 1.807) is 0 Å². The highest BCUT2D eigenvalue weighted by Crippen LogP contribution is 2.14. The molecule has 0 saturated heterocycles. The highest BCUT2D eigenvalue weighted by atomic mass is 16.6. The fraction of sp³-hybridized carbons (Fsp3) is 0.631. The van der Waals surface area contributed by atoms with Crippen molar-refractivity contribution in [3.63, 3.8) is 0 Å². The summed E-state index contributed by atoms with van der Waals surface area (Å²) in [6.45, 7) is 4.01. The Hall–Kier alpha value is -3.96. The molecular formula is C65H106O5. The molecule has 0 fully saturated rings. The first-order valence-corrected chi connectivity index (χ1v) is 28.7. The van der Waals surface area contributed by atoms with Crippen molar-refractivity contribution >= 4 is 11.9 Å². The van der Waals surface area contributed by atoms with Crippen molar-refractivity contribution < 1.29 is 24.2 Å². The second-order valence-corrected chi connectivity index (χ2v) is 18.6. The molecule has 396 valence electrons. The Morgan fingerprint density at radius 1 is 0.343 bits per heavy atom. The number of hydrogen-bond acceptors (Lipinski definition) is 5. The van der Waals surface area contributed by atoms with Gasteiger partial charge in [-0.3, -0.25) is 9.59 Å². The van der Waals surface area contributed by atoms with Crippen molar-refractivity contribution in [1.29, 1.82) is 0 Å². The third kappa shape index (κ3) is 56.6. The average Bonchev–Trinajstić information content (AvgIpc) is 3.36. The molecule has 70 heavy (non-hydrogen) atoms. The van der Waals surface area contributed by atoms with E-state index in [9.17, 15) is 14.7 Å². The Morgan fingerprint density at radius 3 is 0.943 bits per heavy atom. The van der Waals surface area contributed by atoms with Gasteiger partial charge in [-0.2, -0.15) is 0 Å². The molecule has 0 aliphatic heterocycles. The van der Waals surface area contributed by atoms with Gasteiger partial charge in [-0.1, -0.05) is 250 Å². The lowest BCUT2D eigenvalue weighted by atomic mass is 10.1. The van der Waals surface area contributed by atoms with Crippen LogP contribution in [0.4, 0.5) is 0 Å². The Kier molecular flexibility index (Phi) is 56.0. The summed E-state index contributed by atoms with van der Waals surface area (Å²) in [6.07, 6.45) is 88.4. The highest BCUT2D eigenvalue weighted by molar-refractivity contribution is 5.70. The van der Waals surface area contributed by atoms with Crippen LogP contribution in [0.3, 0.4) is 0 Å². The summed E-state index contributed by atoms with van der Waals surface area (Å²) in [5.74, 6) is -0.614. The normalized spacial score (nSPS) is 13.2. The fourth-order valence-electron chi connectivity index (χ4n) is 7.64. The van der Waals surface area contributed by atoms with Crippen LogP contribution in [0.15, 0.2) is 134 Å². The maximum atomic E-state index is 12.3. The van der Waals surface area contributed by atoms with Gasteiger partial charge in [0.15, 0.2) is 6.10 Å². The van der Waals surface area contributed by atoms with Gasteiger partial charge in [0, 0.05) is 12.8 Å². The maximum Gasteiger partial charge on any atom is 0.306 e. The van der Waals surface area contributed by atoms with E-state index in [0.29, 0.717) is 12.8 Å². The third-order valence-electron chi connectivity index (χ3n) is 11.9. The zero-order valence-electron chi connectivity index (χ0n) is 45.2. The lowest BCUT2D eigenvalue weighted by Crippen LogP contribution is -2.28. The summed E-state index contributed by atoms with van der Waals surface area (Å²) in [6, 6.07) is 0. The topological polar surface area (TPSA) is 72.8 Å². The SMILES string of the molecule is CC/C=C\C/C=C\C/C=C\C/C=C\C/C=C\C/C=C\C/C=C\C/C=C\C/C=C\C/C=C\CCCCCCCCC(=O)OC(CO)COC(=O)CCCCCCCCCCC/C=C\CCCCCCCC. The van der Waals surface area contributed by atoms with Crippen molar-refractivity contribution in [3.8, 4) is 0 Å². The molecule has 0 aromatic carbocycles. The molecule has 5 nitrogen and oxygen atoms in total. The number of ether oxygens (including phenoxy) is 2. The lowest BCUT2D eigenvalue weighted by Gasteiger charge is -2.15. The zero-order valence-corrected chi connectivity index (χ0v) is 45.2. The van der Waals surface area contributed by atoms with Crippen molar-refractivity contribution in [1.82, 2.24) is 0 Å². The van der Waals surface area contributed by atoms with E-state index in [1.165, 1.54) is 109 Å². The van der Waals surface area contributed by atoms with Crippen LogP contribution < -0.4 is 0 Å². The highest BCUT2D eigenvalue weighted by Gasteiger charge is 2.16. The smallest absolute Gasteiger partial charge is 0.306 e. The predicted octanol–water partition coefficient (Wildman–Crippen LogP) is 19.6. The monoisotopic (exact) mass is 967 g/mol. The Balaban J connectivity index is 3.62. The molecule has 0 amide bonds. The van der Waals surface area contributed by atoms with Crippen LogP contribution in [0, 0.1) is 0 Å². The van der Waals surface area contributed by atoms with Crippen LogP contribution >= 0.6 is 0 Å². The van der Waals surface area contributed by atoms with Crippen LogP contribution in [0.2, 0.25) is 0 Å². The van der Waals surface area contributed by atoms with E-state index in [1.807, 2.05) is 0 Å². The second-order valence-electron chi connectivity index (χ2n) is 18.6. The molecule has 0 saturated carbocycles. The molecule has 5 heteroatoms. The summed E-state index contributed by atoms with van der Waals surface area (Å²) in [7, 11) is 0. The summed E-state index contributed by atoms with van der Waals surface area (Å²) in [5, 5.41) is 9.65. The van der Waals surface area contributed by atoms with E-state index in [2.05, 4.69) is 148 Å². The molecule has 0 heterocycles. The molecule has 0 radical (unpaired) electrons. The Morgan fingerprint density at radius 2 is 0.614 bits per heavy atom. The van der Waals surface area contributed by atoms with E-state index in [-0.39, 0.29) is 25.2 Å². The zero-order chi connectivity index (χ0) is 50.6. The number of carbonyl (C=O) groups excluding carboxylic acids is 2. The minimum absolute atomic E-state index is 0.0796. The second kappa shape index (κ2) is 59.3. The Bertz CT molecular complexity index is 1470. The molecule has 0 aromatic heterocycles. The molecule has 0 aliphatic carbocycles. The number of aliphatic hydroxyl groups is 1. The molecule has 0 aliphatic rings. The van der Waals surface area contributed by atoms with Gasteiger partial charge in [0.1, 0.15) is 6.61 Å². The number of aliphatic hydroxyl groups excluding tert-OH is 1. The van der Waals surface area contributed by atoms with Crippen LogP contribution in [0.5, 0.6) is 0 Å². The average molecular weight is 968 g/mol. The number of esters is 2. The van der Waals surface area contributed by atoms with Crippen LogP contribution in [0.25, 0.3) is 0 Å². The largest absolute Gasteiger partial charge is 0.462 e. The summed E-state index contributed by atoms with van der Waals surface area (Å²) in [4.78, 5) is 24.5. The molecule has 1 N–H and O–H groups in total. The minimum atomic E-state index is -0.790. The summed E-state index contributed by atoms with van der Waals surface area (Å²) >= 11 is 0. The first-order valence-electron chi connectivity index (χ1n) is 28.7. The van der Waals surface area contributed by atoms with Crippen molar-refractivity contribution in [3.05, 3.63) is 134 Å². The van der Waals surface area contributed by atoms with E-state index >= 15 is 0 Å². The maximum absolute atomic E-state index is 12.3. The number of unbranched alkanes of at least 4 members (excludes halogenated alkanes) is 21. The van der Waals surface area contributed by atoms with E-state index in [4.69, 9.17) is 9.47 Å². The van der Waals surface area contributed by atoms with Crippen molar-refractivity contribution in [2.75, 3.05) is 13.2 Å². The minimum Gasteiger partial charge on any atom is -0.462 e. The number of carbonyl (C=O) groups is 2. The molecule has 0 rings (SSSR count). The summed E-state index contributed by atoms with van der Waals surface area (Å²) in [5.41, 5.74) is 0. The molecule has 1 atom stereocenters. The van der Waals surface area contributed by atoms with Gasteiger partial charge in [-0.25, -0.2) is 0 Å². The van der Waals surface area contributed by atoms with Gasteiger partial charge in [0.2, 0.25) is 0 Å². The fourth-order valence-corrected chi connectivity index (χ4v) is 7.64. The third-order valence-corrected chi connectivity index (χ3v) is 11.9. The van der Waals surface area contributed by atoms with Gasteiger partial charge in [-0.15, -0.1) is 0 Å². The Labute approximate surface area is 432 Å². The first kappa shape index (κ1) is 66.0. The van der Waals surface area contributed by atoms with E-state index in [0.717, 1.165) is 109 Å². The lowest BCUT2D eigenvalue weighted by molar-refractivity contribution is -0.161.